The number of rotatable bonds is 9. The molecule has 0 radical (unpaired) electrons. The number of nitrogens with zero attached hydrogens (tertiary/aromatic N) is 3. The smallest absolute Gasteiger partial charge is 0.248 e. The van der Waals surface area contributed by atoms with Crippen molar-refractivity contribution in [1.82, 2.24) is 5.01 Å². The normalized spacial score (nSPS) is 12.6. The van der Waals surface area contributed by atoms with Crippen LogP contribution in [-0.4, -0.2) is 41.9 Å². The van der Waals surface area contributed by atoms with Gasteiger partial charge in [0.05, 0.1) is 17.1 Å². The fourth-order valence-electron chi connectivity index (χ4n) is 2.15. The van der Waals surface area contributed by atoms with Gasteiger partial charge in [-0.1, -0.05) is 49.3 Å². The second kappa shape index (κ2) is 10.9. The van der Waals surface area contributed by atoms with E-state index in [2.05, 4.69) is 16.8 Å². The number of halogens is 3. The minimum absolute atomic E-state index is 0.0301. The number of hydrogen-bond acceptors (Lipinski definition) is 5. The Balaban J connectivity index is 3.33. The number of nitrogens with two attached hydrogens (primary N) is 1. The Labute approximate surface area is 161 Å². The van der Waals surface area contributed by atoms with Crippen molar-refractivity contribution >= 4 is 47.2 Å². The van der Waals surface area contributed by atoms with E-state index in [1.807, 2.05) is 13.8 Å². The van der Waals surface area contributed by atoms with E-state index in [0.717, 1.165) is 6.34 Å². The summed E-state index contributed by atoms with van der Waals surface area (Å²) in [6, 6.07) is 6.88. The number of hydrogen-bond donors (Lipinski definition) is 1. The first-order chi connectivity index (χ1) is 12.3. The van der Waals surface area contributed by atoms with Crippen molar-refractivity contribution in [3.05, 3.63) is 40.5 Å². The van der Waals surface area contributed by atoms with Crippen LogP contribution >= 0.6 is 23.4 Å². The number of carbonyl (C=O) groups excluding carboxylic acids is 1. The molecule has 0 fully saturated rings. The first-order valence-corrected chi connectivity index (χ1v) is 9.08. The van der Waals surface area contributed by atoms with Gasteiger partial charge in [0.25, 0.3) is 0 Å². The van der Waals surface area contributed by atoms with Crippen LogP contribution in [0.2, 0.25) is 5.02 Å². The summed E-state index contributed by atoms with van der Waals surface area (Å²) in [5, 5.41) is 5.45. The predicted octanol–water partition coefficient (Wildman–Crippen LogP) is 4.09. The summed E-state index contributed by atoms with van der Waals surface area (Å²) >= 11 is 6.49. The van der Waals surface area contributed by atoms with Crippen LogP contribution in [0.15, 0.2) is 40.1 Å². The van der Waals surface area contributed by atoms with Gasteiger partial charge in [0.1, 0.15) is 12.9 Å². The fourth-order valence-corrected chi connectivity index (χ4v) is 2.80. The summed E-state index contributed by atoms with van der Waals surface area (Å²) in [7, 11) is 0. The van der Waals surface area contributed by atoms with E-state index < -0.39 is 17.3 Å². The second-order valence-corrected chi connectivity index (χ2v) is 6.96. The highest BCUT2D eigenvalue weighted by atomic mass is 35.5. The highest BCUT2D eigenvalue weighted by Crippen LogP contribution is 2.30. The zero-order valence-electron chi connectivity index (χ0n) is 14.5. The first kappa shape index (κ1) is 22.1. The fraction of sp³-hybridized carbons (Fsp3) is 0.353. The minimum Gasteiger partial charge on any atom is -0.388 e. The third kappa shape index (κ3) is 6.76. The lowest BCUT2D eigenvalue weighted by molar-refractivity contribution is -0.111. The van der Waals surface area contributed by atoms with Gasteiger partial charge in [-0.3, -0.25) is 14.8 Å². The highest BCUT2D eigenvalue weighted by molar-refractivity contribution is 8.13. The van der Waals surface area contributed by atoms with Crippen LogP contribution in [0.25, 0.3) is 5.70 Å². The maximum atomic E-state index is 12.3. The number of carbonyl (C=O) groups is 1. The van der Waals surface area contributed by atoms with Gasteiger partial charge in [-0.2, -0.15) is 5.10 Å². The van der Waals surface area contributed by atoms with Crippen molar-refractivity contribution in [2.75, 3.05) is 12.3 Å². The first-order valence-electron chi connectivity index (χ1n) is 7.72. The van der Waals surface area contributed by atoms with Gasteiger partial charge in [-0.05, 0) is 24.8 Å². The van der Waals surface area contributed by atoms with Gasteiger partial charge in [-0.15, -0.1) is 0 Å². The van der Waals surface area contributed by atoms with E-state index in [0.29, 0.717) is 33.7 Å². The Morgan fingerprint density at radius 2 is 2.00 bits per heavy atom. The molecule has 1 rings (SSSR count). The Morgan fingerprint density at radius 1 is 1.38 bits per heavy atom. The molecule has 0 bridgehead atoms. The van der Waals surface area contributed by atoms with Crippen LogP contribution in [0.4, 0.5) is 8.78 Å². The molecule has 5 nitrogen and oxygen atoms in total. The van der Waals surface area contributed by atoms with Crippen LogP contribution in [0, 0.1) is 5.92 Å². The number of hydrazone groups is 1. The third-order valence-electron chi connectivity index (χ3n) is 3.19. The van der Waals surface area contributed by atoms with Crippen molar-refractivity contribution in [3.63, 3.8) is 0 Å². The molecular weight excluding hydrogens is 382 g/mol. The molecule has 26 heavy (non-hydrogen) atoms. The molecule has 0 saturated carbocycles. The van der Waals surface area contributed by atoms with Crippen LogP contribution < -0.4 is 5.73 Å². The molecular formula is C17H21ClF2N4OS. The Kier molecular flexibility index (Phi) is 9.29. The number of benzene rings is 1. The molecule has 0 heterocycles. The topological polar surface area (TPSA) is 71.0 Å². The van der Waals surface area contributed by atoms with Crippen molar-refractivity contribution in [1.29, 1.82) is 0 Å². The summed E-state index contributed by atoms with van der Waals surface area (Å²) in [5.41, 5.74) is 7.22. The van der Waals surface area contributed by atoms with Crippen molar-refractivity contribution < 1.29 is 13.6 Å². The molecule has 0 unspecified atom stereocenters. The van der Waals surface area contributed by atoms with Gasteiger partial charge < -0.3 is 5.73 Å². The molecule has 0 aliphatic carbocycles. The maximum Gasteiger partial charge on any atom is 0.248 e. The molecule has 0 aromatic heterocycles. The van der Waals surface area contributed by atoms with Crippen LogP contribution in [-0.2, 0) is 4.79 Å². The zero-order valence-corrected chi connectivity index (χ0v) is 16.1. The van der Waals surface area contributed by atoms with Crippen molar-refractivity contribution in [2.45, 2.75) is 20.3 Å². The van der Waals surface area contributed by atoms with Gasteiger partial charge in [0, 0.05) is 10.6 Å². The molecule has 0 aliphatic rings. The molecule has 1 aromatic carbocycles. The zero-order chi connectivity index (χ0) is 19.7. The molecule has 0 saturated heterocycles. The summed E-state index contributed by atoms with van der Waals surface area (Å²) in [5.74, 6) is -0.604. The van der Waals surface area contributed by atoms with E-state index >= 15 is 0 Å². The number of alkyl halides is 2. The lowest BCUT2D eigenvalue weighted by Crippen LogP contribution is -2.25. The van der Waals surface area contributed by atoms with Gasteiger partial charge in [0.2, 0.25) is 11.5 Å². The third-order valence-corrected chi connectivity index (χ3v) is 4.31. The molecule has 0 spiro atoms. The molecule has 9 heteroatoms. The summed E-state index contributed by atoms with van der Waals surface area (Å²) in [4.78, 5) is 16.2. The molecule has 0 aliphatic heterocycles. The van der Waals surface area contributed by atoms with E-state index in [9.17, 15) is 13.6 Å². The minimum atomic E-state index is -2.57. The largest absolute Gasteiger partial charge is 0.388 e. The van der Waals surface area contributed by atoms with Crippen molar-refractivity contribution in [2.24, 2.45) is 21.7 Å². The maximum absolute atomic E-state index is 12.3. The lowest BCUT2D eigenvalue weighted by atomic mass is 10.0. The SMILES string of the molecule is C=N/C(=C(/c1ccc(Cl)cc1)N(CC(=O)SCC(F)F)/N=C\N)C(C)C. The monoisotopic (exact) mass is 402 g/mol. The van der Waals surface area contributed by atoms with Gasteiger partial charge in [0.15, 0.2) is 0 Å². The number of aliphatic imine (C=N–C) groups is 1. The molecule has 142 valence electrons. The van der Waals surface area contributed by atoms with E-state index in [4.69, 9.17) is 17.3 Å². The highest BCUT2D eigenvalue weighted by Gasteiger charge is 2.21. The molecule has 2 N–H and O–H groups in total. The second-order valence-electron chi connectivity index (χ2n) is 5.45. The standard InChI is InChI=1S/C17H21ClF2N4OS/c1-11(2)16(22-3)17(12-4-6-13(18)7-5-12)24(23-10-21)8-15(25)26-9-14(19)20/h4-7,10-11,14H,3,8-9H2,1-2H3,(H2,21,23)/b17-16-. The number of thioether (sulfide) groups is 1. The molecule has 1 aromatic rings. The van der Waals surface area contributed by atoms with Crippen LogP contribution in [0.1, 0.15) is 19.4 Å². The Hall–Kier alpha value is -1.93. The van der Waals surface area contributed by atoms with Gasteiger partial charge in [-0.25, -0.2) is 8.78 Å². The van der Waals surface area contributed by atoms with E-state index in [1.54, 1.807) is 24.3 Å². The Bertz CT molecular complexity index is 678. The Morgan fingerprint density at radius 3 is 2.46 bits per heavy atom. The average Bonchev–Trinajstić information content (AvgIpc) is 2.58. The van der Waals surface area contributed by atoms with Gasteiger partial charge >= 0.3 is 0 Å². The summed E-state index contributed by atoms with van der Waals surface area (Å²) in [6.45, 7) is 7.18. The lowest BCUT2D eigenvalue weighted by Gasteiger charge is -2.25. The summed E-state index contributed by atoms with van der Waals surface area (Å²) < 4.78 is 24.7. The quantitative estimate of drug-likeness (QED) is 0.383. The average molecular weight is 403 g/mol. The molecule has 0 amide bonds. The van der Waals surface area contributed by atoms with Crippen LogP contribution in [0.5, 0.6) is 0 Å². The van der Waals surface area contributed by atoms with E-state index in [-0.39, 0.29) is 12.5 Å². The van der Waals surface area contributed by atoms with E-state index in [1.165, 1.54) is 5.01 Å². The predicted molar refractivity (Wildman–Crippen MR) is 106 cm³/mol. The molecule has 0 atom stereocenters. The number of allylic oxidation sites excluding steroid dienone is 1. The summed E-state index contributed by atoms with van der Waals surface area (Å²) in [6.07, 6.45) is -1.54. The van der Waals surface area contributed by atoms with Crippen molar-refractivity contribution in [3.8, 4) is 0 Å². The van der Waals surface area contributed by atoms with Crippen LogP contribution in [0.3, 0.4) is 0 Å².